The first-order valence-corrected chi connectivity index (χ1v) is 14.7. The van der Waals surface area contributed by atoms with Gasteiger partial charge in [0.1, 0.15) is 12.3 Å². The number of rotatable bonds is 10. The summed E-state index contributed by atoms with van der Waals surface area (Å²) in [5, 5.41) is 9.38. The van der Waals surface area contributed by atoms with Gasteiger partial charge in [0.2, 0.25) is 0 Å². The molecule has 0 aromatic heterocycles. The third kappa shape index (κ3) is 11.1. The van der Waals surface area contributed by atoms with E-state index in [1.165, 1.54) is 7.11 Å². The zero-order valence-corrected chi connectivity index (χ0v) is 16.2. The van der Waals surface area contributed by atoms with E-state index >= 15 is 0 Å². The zero-order valence-electron chi connectivity index (χ0n) is 13.2. The maximum absolute atomic E-state index is 9.89. The normalized spacial score (nSPS) is 15.4. The van der Waals surface area contributed by atoms with Crippen LogP contribution in [0.15, 0.2) is 0 Å². The van der Waals surface area contributed by atoms with Gasteiger partial charge < -0.3 is 32.4 Å². The van der Waals surface area contributed by atoms with Gasteiger partial charge in [-0.15, -0.1) is 0 Å². The van der Waals surface area contributed by atoms with Crippen molar-refractivity contribution in [2.24, 2.45) is 0 Å². The lowest BCUT2D eigenvalue weighted by Crippen LogP contribution is -2.57. The minimum atomic E-state index is -3.94. The van der Waals surface area contributed by atoms with E-state index in [9.17, 15) is 14.7 Å². The molecule has 0 spiro atoms. The van der Waals surface area contributed by atoms with Crippen molar-refractivity contribution in [2.75, 3.05) is 26.6 Å². The van der Waals surface area contributed by atoms with Crippen molar-refractivity contribution in [3.63, 3.8) is 0 Å². The molecule has 10 heteroatoms. The van der Waals surface area contributed by atoms with E-state index in [-0.39, 0.29) is 19.4 Å². The Bertz CT molecular complexity index is 281. The fraction of sp³-hybridized carbons (Fsp3) is 1.00. The number of aliphatic hydroxyl groups is 1. The standard InChI is InChI=1S/C10H28O7Si3/c1-14-7-10(11)8-15-9-20(12,13)17-19(5,6)16-18(2,3)4/h10-13H,7-9H2,1-6H3. The van der Waals surface area contributed by atoms with Gasteiger partial charge in [0.15, 0.2) is 8.32 Å². The minimum Gasteiger partial charge on any atom is -0.437 e. The number of aliphatic hydroxyl groups excluding tert-OH is 1. The van der Waals surface area contributed by atoms with Crippen molar-refractivity contribution in [3.05, 3.63) is 0 Å². The second kappa shape index (κ2) is 8.12. The Labute approximate surface area is 124 Å². The molecule has 1 unspecified atom stereocenters. The second-order valence-corrected chi connectivity index (χ2v) is 16.5. The molecule has 0 amide bonds. The Hall–Kier alpha value is 0.371. The zero-order chi connectivity index (χ0) is 16.0. The third-order valence-corrected chi connectivity index (χ3v) is 10.2. The molecular formula is C10H28O7Si3. The topological polar surface area (TPSA) is 97.6 Å². The molecule has 1 atom stereocenters. The third-order valence-electron chi connectivity index (χ3n) is 1.92. The average Bonchev–Trinajstić information content (AvgIpc) is 2.10. The van der Waals surface area contributed by atoms with E-state index < -0.39 is 31.8 Å². The van der Waals surface area contributed by atoms with Crippen molar-refractivity contribution < 1.29 is 32.4 Å². The van der Waals surface area contributed by atoms with Crippen LogP contribution in [-0.2, 0) is 17.7 Å². The lowest BCUT2D eigenvalue weighted by Gasteiger charge is -2.34. The predicted molar refractivity (Wildman–Crippen MR) is 81.9 cm³/mol. The van der Waals surface area contributed by atoms with Crippen LogP contribution in [-0.4, -0.2) is 73.0 Å². The summed E-state index contributed by atoms with van der Waals surface area (Å²) in [5.41, 5.74) is 0. The van der Waals surface area contributed by atoms with Crippen LogP contribution < -0.4 is 0 Å². The molecule has 7 nitrogen and oxygen atoms in total. The van der Waals surface area contributed by atoms with Gasteiger partial charge in [-0.25, -0.2) is 0 Å². The molecule has 0 saturated heterocycles. The quantitative estimate of drug-likeness (QED) is 0.481. The summed E-state index contributed by atoms with van der Waals surface area (Å²) in [6, 6.07) is 0. The highest BCUT2D eigenvalue weighted by molar-refractivity contribution is 6.84. The van der Waals surface area contributed by atoms with Crippen LogP contribution in [0.2, 0.25) is 32.7 Å². The summed E-state index contributed by atoms with van der Waals surface area (Å²) >= 11 is 0. The summed E-state index contributed by atoms with van der Waals surface area (Å²) in [7, 11) is -6.90. The second-order valence-electron chi connectivity index (χ2n) is 6.08. The van der Waals surface area contributed by atoms with Crippen LogP contribution in [0, 0.1) is 0 Å². The highest BCUT2D eigenvalue weighted by Gasteiger charge is 2.43. The monoisotopic (exact) mass is 344 g/mol. The molecule has 20 heavy (non-hydrogen) atoms. The molecule has 3 N–H and O–H groups in total. The minimum absolute atomic E-state index is 0.0378. The molecule has 0 aliphatic rings. The van der Waals surface area contributed by atoms with Gasteiger partial charge in [-0.05, 0) is 32.7 Å². The van der Waals surface area contributed by atoms with Gasteiger partial charge in [-0.3, -0.25) is 0 Å². The molecule has 0 rings (SSSR count). The van der Waals surface area contributed by atoms with Gasteiger partial charge in [-0.2, -0.15) is 0 Å². The van der Waals surface area contributed by atoms with Gasteiger partial charge in [-0.1, -0.05) is 0 Å². The molecule has 0 radical (unpaired) electrons. The van der Waals surface area contributed by atoms with Crippen LogP contribution in [0.5, 0.6) is 0 Å². The number of hydrogen-bond acceptors (Lipinski definition) is 7. The molecule has 0 heterocycles. The number of methoxy groups -OCH3 is 1. The van der Waals surface area contributed by atoms with E-state index in [0.717, 1.165) is 0 Å². The Morgan fingerprint density at radius 1 is 0.950 bits per heavy atom. The fourth-order valence-electron chi connectivity index (χ4n) is 1.75. The Morgan fingerprint density at radius 3 is 1.95 bits per heavy atom. The number of hydrogen-bond donors (Lipinski definition) is 3. The molecule has 0 aromatic carbocycles. The first-order valence-electron chi connectivity index (χ1n) is 6.47. The fourth-order valence-corrected chi connectivity index (χ4v) is 12.0. The highest BCUT2D eigenvalue weighted by atomic mass is 28.5. The highest BCUT2D eigenvalue weighted by Crippen LogP contribution is 2.18. The molecule has 0 bridgehead atoms. The smallest absolute Gasteiger partial charge is 0.437 e. The van der Waals surface area contributed by atoms with E-state index in [1.54, 1.807) is 13.1 Å². The molecule has 122 valence electrons. The van der Waals surface area contributed by atoms with Crippen molar-refractivity contribution in [2.45, 2.75) is 38.8 Å². The SMILES string of the molecule is COCC(O)COC[Si](O)(O)O[Si](C)(C)O[Si](C)(C)C. The molecule has 0 aliphatic carbocycles. The first kappa shape index (κ1) is 20.4. The summed E-state index contributed by atoms with van der Waals surface area (Å²) in [6.45, 7) is 9.69. The summed E-state index contributed by atoms with van der Waals surface area (Å²) in [5.74, 6) is 0. The van der Waals surface area contributed by atoms with E-state index in [4.69, 9.17) is 17.7 Å². The van der Waals surface area contributed by atoms with Gasteiger partial charge in [0.05, 0.1) is 13.2 Å². The van der Waals surface area contributed by atoms with E-state index in [0.29, 0.717) is 0 Å². The predicted octanol–water partition coefficient (Wildman–Crippen LogP) is 0.0429. The number of ether oxygens (including phenoxy) is 2. The maximum atomic E-state index is 9.89. The van der Waals surface area contributed by atoms with Gasteiger partial charge in [0.25, 0.3) is 0 Å². The van der Waals surface area contributed by atoms with Crippen LogP contribution in [0.4, 0.5) is 0 Å². The molecule has 0 aromatic rings. The van der Waals surface area contributed by atoms with Crippen LogP contribution >= 0.6 is 0 Å². The summed E-state index contributed by atoms with van der Waals surface area (Å²) in [6.07, 6.45) is -1.13. The van der Waals surface area contributed by atoms with E-state index in [1.807, 2.05) is 19.6 Å². The average molecular weight is 345 g/mol. The van der Waals surface area contributed by atoms with Crippen LogP contribution in [0.3, 0.4) is 0 Å². The van der Waals surface area contributed by atoms with Gasteiger partial charge in [0, 0.05) is 7.11 Å². The van der Waals surface area contributed by atoms with Crippen molar-refractivity contribution in [1.29, 1.82) is 0 Å². The largest absolute Gasteiger partial charge is 0.513 e. The van der Waals surface area contributed by atoms with Crippen LogP contribution in [0.1, 0.15) is 0 Å². The molecular weight excluding hydrogens is 316 g/mol. The molecule has 0 aliphatic heterocycles. The van der Waals surface area contributed by atoms with Gasteiger partial charge >= 0.3 is 17.4 Å². The lowest BCUT2D eigenvalue weighted by atomic mass is 10.4. The first-order chi connectivity index (χ1) is 8.87. The maximum Gasteiger partial charge on any atom is 0.513 e. The summed E-state index contributed by atoms with van der Waals surface area (Å²) in [4.78, 5) is 19.8. The lowest BCUT2D eigenvalue weighted by molar-refractivity contribution is -0.00524. The van der Waals surface area contributed by atoms with Crippen molar-refractivity contribution in [1.82, 2.24) is 0 Å². The Morgan fingerprint density at radius 2 is 1.50 bits per heavy atom. The Kier molecular flexibility index (Phi) is 8.27. The molecule has 0 fully saturated rings. The Balaban J connectivity index is 4.23. The molecule has 0 saturated carbocycles. The van der Waals surface area contributed by atoms with Crippen LogP contribution in [0.25, 0.3) is 0 Å². The summed E-state index contributed by atoms with van der Waals surface area (Å²) < 4.78 is 21.1. The van der Waals surface area contributed by atoms with Crippen molar-refractivity contribution in [3.8, 4) is 0 Å². The van der Waals surface area contributed by atoms with E-state index in [2.05, 4.69) is 0 Å². The van der Waals surface area contributed by atoms with Crippen molar-refractivity contribution >= 4 is 25.7 Å².